The largest absolute Gasteiger partial charge is 0.616 e. The Morgan fingerprint density at radius 2 is 1.88 bits per heavy atom. The second-order valence-corrected chi connectivity index (χ2v) is 9.03. The number of benzene rings is 2. The second kappa shape index (κ2) is 6.17. The van der Waals surface area contributed by atoms with Crippen molar-refractivity contribution in [3.05, 3.63) is 70.5 Å². The van der Waals surface area contributed by atoms with Gasteiger partial charge >= 0.3 is 0 Å². The molecule has 1 fully saturated rings. The van der Waals surface area contributed by atoms with E-state index >= 15 is 0 Å². The summed E-state index contributed by atoms with van der Waals surface area (Å²) in [5.74, 6) is -0.0125. The molecule has 126 valence electrons. The van der Waals surface area contributed by atoms with E-state index in [-0.39, 0.29) is 22.2 Å². The lowest BCUT2D eigenvalue weighted by Gasteiger charge is -2.23. The van der Waals surface area contributed by atoms with Gasteiger partial charge in [0.2, 0.25) is 0 Å². The minimum absolute atomic E-state index is 0.0932. The van der Waals surface area contributed by atoms with E-state index in [1.54, 1.807) is 6.07 Å². The lowest BCUT2D eigenvalue weighted by molar-refractivity contribution is 0.394. The van der Waals surface area contributed by atoms with Crippen molar-refractivity contribution in [2.75, 3.05) is 20.6 Å². The first-order valence-corrected chi connectivity index (χ1v) is 9.72. The van der Waals surface area contributed by atoms with Gasteiger partial charge in [0.15, 0.2) is 0 Å². The number of hydrogen-bond acceptors (Lipinski definition) is 2. The molecule has 1 aliphatic heterocycles. The zero-order valence-electron chi connectivity index (χ0n) is 14.0. The quantitative estimate of drug-likeness (QED) is 0.778. The number of fused-ring (bicyclic) bond motifs is 5. The zero-order valence-corrected chi connectivity index (χ0v) is 14.9. The highest BCUT2D eigenvalue weighted by Crippen LogP contribution is 2.53. The molecule has 1 heterocycles. The zero-order chi connectivity index (χ0) is 16.8. The fourth-order valence-corrected chi connectivity index (χ4v) is 6.62. The Morgan fingerprint density at radius 1 is 1.12 bits per heavy atom. The summed E-state index contributed by atoms with van der Waals surface area (Å²) in [7, 11) is 4.04. The van der Waals surface area contributed by atoms with Gasteiger partial charge in [0.25, 0.3) is 0 Å². The molecule has 4 rings (SSSR count). The first-order valence-electron chi connectivity index (χ1n) is 8.45. The second-order valence-electron chi connectivity index (χ2n) is 7.19. The van der Waals surface area contributed by atoms with Crippen molar-refractivity contribution in [1.82, 2.24) is 4.90 Å². The van der Waals surface area contributed by atoms with E-state index in [0.717, 1.165) is 30.5 Å². The maximum Gasteiger partial charge on any atom is 0.148 e. The van der Waals surface area contributed by atoms with Crippen LogP contribution in [0.15, 0.2) is 42.5 Å². The summed E-state index contributed by atoms with van der Waals surface area (Å²) in [6.07, 6.45) is 1.71. The van der Waals surface area contributed by atoms with Crippen LogP contribution in [0.4, 0.5) is 4.39 Å². The van der Waals surface area contributed by atoms with E-state index in [2.05, 4.69) is 29.2 Å². The third-order valence-electron chi connectivity index (χ3n) is 5.28. The van der Waals surface area contributed by atoms with Gasteiger partial charge < -0.3 is 9.45 Å². The molecule has 0 unspecified atom stereocenters. The number of rotatable bonds is 2. The highest BCUT2D eigenvalue weighted by Gasteiger charge is 2.50. The molecule has 2 aromatic rings. The summed E-state index contributed by atoms with van der Waals surface area (Å²) in [4.78, 5) is 2.10. The van der Waals surface area contributed by atoms with Crippen molar-refractivity contribution in [3.8, 4) is 0 Å². The van der Waals surface area contributed by atoms with Crippen LogP contribution in [0.2, 0.25) is 0 Å². The molecular weight excluding hydrogens is 321 g/mol. The monoisotopic (exact) mass is 343 g/mol. The molecule has 2 aliphatic rings. The maximum atomic E-state index is 13.9. The summed E-state index contributed by atoms with van der Waals surface area (Å²) in [5, 5.41) is 0.0431. The Balaban J connectivity index is 1.85. The maximum absolute atomic E-state index is 13.9. The first kappa shape index (κ1) is 16.1. The van der Waals surface area contributed by atoms with E-state index in [4.69, 9.17) is 0 Å². The smallest absolute Gasteiger partial charge is 0.148 e. The fraction of sp³-hybridized carbons (Fsp3) is 0.400. The van der Waals surface area contributed by atoms with Crippen LogP contribution in [0, 0.1) is 5.82 Å². The summed E-state index contributed by atoms with van der Waals surface area (Å²) in [6.45, 7) is 0.812. The Hall–Kier alpha value is -1.36. The van der Waals surface area contributed by atoms with Crippen LogP contribution in [0.1, 0.15) is 39.8 Å². The van der Waals surface area contributed by atoms with Crippen molar-refractivity contribution < 1.29 is 8.94 Å². The van der Waals surface area contributed by atoms with E-state index < -0.39 is 11.2 Å². The summed E-state index contributed by atoms with van der Waals surface area (Å²) in [5.41, 5.74) is 4.67. The van der Waals surface area contributed by atoms with E-state index in [0.29, 0.717) is 0 Å². The van der Waals surface area contributed by atoms with Crippen molar-refractivity contribution in [3.63, 3.8) is 0 Å². The molecular formula is C20H22FNOS. The van der Waals surface area contributed by atoms with Crippen molar-refractivity contribution in [2.45, 2.75) is 29.3 Å². The van der Waals surface area contributed by atoms with Crippen LogP contribution >= 0.6 is 0 Å². The van der Waals surface area contributed by atoms with Crippen LogP contribution in [0.5, 0.6) is 0 Å². The van der Waals surface area contributed by atoms with Gasteiger partial charge in [-0.25, -0.2) is 4.39 Å². The minimum atomic E-state index is -0.994. The topological polar surface area (TPSA) is 26.3 Å². The summed E-state index contributed by atoms with van der Waals surface area (Å²) < 4.78 is 27.2. The molecule has 1 saturated heterocycles. The van der Waals surface area contributed by atoms with Gasteiger partial charge in [-0.15, -0.1) is 0 Å². The Kier molecular flexibility index (Phi) is 4.15. The van der Waals surface area contributed by atoms with Gasteiger partial charge in [0.05, 0.1) is 0 Å². The molecule has 0 amide bonds. The number of nitrogens with zero attached hydrogens (tertiary/aromatic N) is 1. The molecule has 24 heavy (non-hydrogen) atoms. The van der Waals surface area contributed by atoms with Crippen LogP contribution in [0.25, 0.3) is 0 Å². The van der Waals surface area contributed by atoms with Crippen molar-refractivity contribution in [2.24, 2.45) is 0 Å². The third-order valence-corrected chi connectivity index (χ3v) is 7.36. The van der Waals surface area contributed by atoms with Gasteiger partial charge in [-0.2, -0.15) is 0 Å². The van der Waals surface area contributed by atoms with Crippen LogP contribution < -0.4 is 0 Å². The van der Waals surface area contributed by atoms with Gasteiger partial charge in [-0.3, -0.25) is 0 Å². The molecule has 2 aromatic carbocycles. The summed E-state index contributed by atoms with van der Waals surface area (Å²) >= 11 is -0.994. The standard InChI is InChI=1S/C20H22FNOS/c1-22(2)12-16-11-19-17-6-4-3-5-13(17)9-14-7-8-15(21)10-18(14)20(19)24(16)23/h3-8,10,16,19-20H,9,11-12H2,1-2H3/t16-,19+,20+,24-/m0/s1. The third kappa shape index (κ3) is 2.67. The number of hydrogen-bond donors (Lipinski definition) is 0. The predicted molar refractivity (Wildman–Crippen MR) is 96.2 cm³/mol. The molecule has 1 aliphatic carbocycles. The molecule has 4 atom stereocenters. The Labute approximate surface area is 145 Å². The Bertz CT molecular complexity index is 763. The van der Waals surface area contributed by atoms with Gasteiger partial charge in [0, 0.05) is 24.4 Å². The molecule has 0 spiro atoms. The molecule has 0 bridgehead atoms. The van der Waals surface area contributed by atoms with Crippen LogP contribution in [0.3, 0.4) is 0 Å². The van der Waals surface area contributed by atoms with E-state index in [1.807, 2.05) is 20.2 Å². The van der Waals surface area contributed by atoms with Gasteiger partial charge in [0.1, 0.15) is 16.3 Å². The summed E-state index contributed by atoms with van der Waals surface area (Å²) in [6, 6.07) is 13.5. The average molecular weight is 343 g/mol. The van der Waals surface area contributed by atoms with Gasteiger partial charge in [-0.1, -0.05) is 30.3 Å². The van der Waals surface area contributed by atoms with Crippen molar-refractivity contribution in [1.29, 1.82) is 0 Å². The predicted octanol–water partition coefficient (Wildman–Crippen LogP) is 3.64. The first-order chi connectivity index (χ1) is 11.5. The molecule has 0 radical (unpaired) electrons. The van der Waals surface area contributed by atoms with Gasteiger partial charge in [-0.05, 0) is 60.5 Å². The van der Waals surface area contributed by atoms with E-state index in [9.17, 15) is 8.94 Å². The lowest BCUT2D eigenvalue weighted by atomic mass is 9.87. The normalized spacial score (nSPS) is 28.2. The average Bonchev–Trinajstić information content (AvgIpc) is 2.78. The van der Waals surface area contributed by atoms with E-state index in [1.165, 1.54) is 17.2 Å². The van der Waals surface area contributed by atoms with Crippen LogP contribution in [-0.4, -0.2) is 35.3 Å². The molecule has 0 saturated carbocycles. The van der Waals surface area contributed by atoms with Crippen molar-refractivity contribution >= 4 is 11.2 Å². The fourth-order valence-electron chi connectivity index (χ4n) is 4.31. The SMILES string of the molecule is CN(C)C[C@@H]1C[C@@H]2c3ccccc3Cc3ccc(F)cc3[C@H]2[S@@+]1[O-]. The molecule has 0 aromatic heterocycles. The molecule has 2 nitrogen and oxygen atoms in total. The molecule has 0 N–H and O–H groups in total. The van der Waals surface area contributed by atoms with Crippen LogP contribution in [-0.2, 0) is 17.6 Å². The number of halogens is 1. The minimum Gasteiger partial charge on any atom is -0.616 e. The molecule has 4 heteroatoms. The highest BCUT2D eigenvalue weighted by atomic mass is 32.2. The Morgan fingerprint density at radius 3 is 2.67 bits per heavy atom. The lowest BCUT2D eigenvalue weighted by Crippen LogP contribution is -2.30. The highest BCUT2D eigenvalue weighted by molar-refractivity contribution is 7.92.